The molecule has 0 aliphatic rings. The van der Waals surface area contributed by atoms with Gasteiger partial charge in [-0.2, -0.15) is 4.37 Å². The Balaban J connectivity index is 1.89. The molecule has 1 atom stereocenters. The van der Waals surface area contributed by atoms with Crippen molar-refractivity contribution in [3.63, 3.8) is 0 Å². The molecule has 9 nitrogen and oxygen atoms in total. The van der Waals surface area contributed by atoms with E-state index in [1.165, 1.54) is 4.90 Å². The fraction of sp³-hybridized carbons (Fsp3) is 0.286. The Morgan fingerprint density at radius 3 is 2.45 bits per heavy atom. The van der Waals surface area contributed by atoms with Crippen molar-refractivity contribution in [2.24, 2.45) is 11.7 Å². The van der Waals surface area contributed by atoms with Crippen molar-refractivity contribution in [1.82, 2.24) is 14.7 Å². The van der Waals surface area contributed by atoms with Gasteiger partial charge in [-0.1, -0.05) is 51.1 Å². The second kappa shape index (κ2) is 11.5. The third kappa shape index (κ3) is 5.40. The van der Waals surface area contributed by atoms with Gasteiger partial charge in [-0.25, -0.2) is 0 Å². The van der Waals surface area contributed by atoms with Crippen LogP contribution in [0.4, 0.5) is 11.4 Å². The van der Waals surface area contributed by atoms with Gasteiger partial charge in [0.25, 0.3) is 11.8 Å². The van der Waals surface area contributed by atoms with Crippen LogP contribution in [0, 0.1) is 5.92 Å². The Kier molecular flexibility index (Phi) is 8.11. The van der Waals surface area contributed by atoms with Crippen LogP contribution in [0.25, 0.3) is 10.9 Å². The predicted octanol–water partition coefficient (Wildman–Crippen LogP) is 4.42. The lowest BCUT2D eigenvalue weighted by molar-refractivity contribution is -0.122. The summed E-state index contributed by atoms with van der Waals surface area (Å²) in [6.07, 6.45) is 3.36. The molecule has 6 N–H and O–H groups in total. The minimum absolute atomic E-state index is 0.0400. The summed E-state index contributed by atoms with van der Waals surface area (Å²) in [4.78, 5) is 44.6. The van der Waals surface area contributed by atoms with Gasteiger partial charge in [0.15, 0.2) is 5.69 Å². The minimum Gasteiger partial charge on any atom is -0.395 e. The van der Waals surface area contributed by atoms with Crippen molar-refractivity contribution in [3.8, 4) is 0 Å². The summed E-state index contributed by atoms with van der Waals surface area (Å²) in [7, 11) is 0. The molecule has 0 aliphatic heterocycles. The molecule has 38 heavy (non-hydrogen) atoms. The molecule has 198 valence electrons. The normalized spacial score (nSPS) is 12.0. The number of H-pyrrole nitrogens is 1. The number of nitrogens with zero attached hydrogens (tertiary/aromatic N) is 2. The first-order valence-electron chi connectivity index (χ1n) is 12.5. The monoisotopic (exact) mass is 532 g/mol. The molecular weight excluding hydrogens is 500 g/mol. The number of rotatable bonds is 10. The smallest absolute Gasteiger partial charge is 0.273 e. The minimum atomic E-state index is -1.03. The molecule has 2 aromatic heterocycles. The number of amides is 3. The Hall–Kier alpha value is -4.18. The van der Waals surface area contributed by atoms with E-state index < -0.39 is 17.9 Å². The molecule has 0 saturated heterocycles. The Morgan fingerprint density at radius 2 is 1.82 bits per heavy atom. The molecule has 0 unspecified atom stereocenters. The fourth-order valence-electron chi connectivity index (χ4n) is 4.31. The number of nitrogen functional groups attached to an aromatic ring is 1. The van der Waals surface area contributed by atoms with Crippen molar-refractivity contribution in [2.45, 2.75) is 39.7 Å². The maximum absolute atomic E-state index is 14.2. The molecule has 0 bridgehead atoms. The molecular formula is C28H32N6O3S. The summed E-state index contributed by atoms with van der Waals surface area (Å²) in [5.41, 5.74) is 14.4. The first kappa shape index (κ1) is 26.9. The Labute approximate surface area is 225 Å². The number of anilines is 2. The number of aromatic nitrogens is 2. The predicted molar refractivity (Wildman–Crippen MR) is 151 cm³/mol. The maximum atomic E-state index is 14.2. The number of carbonyl (C=O) groups excluding carboxylic acids is 3. The lowest BCUT2D eigenvalue weighted by atomic mass is 10.0. The highest BCUT2D eigenvalue weighted by atomic mass is 32.1. The summed E-state index contributed by atoms with van der Waals surface area (Å²) in [5, 5.41) is 3.83. The van der Waals surface area contributed by atoms with E-state index >= 15 is 0 Å². The lowest BCUT2D eigenvalue weighted by Crippen LogP contribution is -2.44. The number of primary amides is 1. The van der Waals surface area contributed by atoms with E-state index in [4.69, 9.17) is 11.5 Å². The zero-order valence-electron chi connectivity index (χ0n) is 21.7. The molecule has 0 radical (unpaired) electrons. The summed E-state index contributed by atoms with van der Waals surface area (Å²) in [6.45, 7) is 6.66. The van der Waals surface area contributed by atoms with Crippen LogP contribution >= 0.6 is 11.5 Å². The summed E-state index contributed by atoms with van der Waals surface area (Å²) in [5.74, 6) is -1.31. The van der Waals surface area contributed by atoms with E-state index in [9.17, 15) is 14.4 Å². The molecule has 2 aromatic carbocycles. The van der Waals surface area contributed by atoms with Gasteiger partial charge in [-0.15, -0.1) is 0 Å². The van der Waals surface area contributed by atoms with Crippen LogP contribution in [0.15, 0.2) is 54.7 Å². The van der Waals surface area contributed by atoms with Crippen LogP contribution in [0.2, 0.25) is 0 Å². The number of hydrogen-bond acceptors (Lipinski definition) is 6. The fourth-order valence-corrected chi connectivity index (χ4v) is 5.06. The molecule has 4 rings (SSSR count). The lowest BCUT2D eigenvalue weighted by Gasteiger charge is -2.31. The Morgan fingerprint density at radius 1 is 1.11 bits per heavy atom. The number of aryl methyl sites for hydroxylation is 1. The second-order valence-corrected chi connectivity index (χ2v) is 10.3. The standard InChI is InChI=1S/C28H32N6O3S/c1-4-17-9-11-18(12-10-17)34(28(37)25-22(29)23(26(30)35)33-38-25)24(27(36)31-14-13-16(2)3)20-15-32-21-8-6-5-7-19(20)21/h5-12,15-16,24,32H,4,13-14,29H2,1-3H3,(H2,30,35)(H,31,36)/t24-/m0/s1. The third-order valence-electron chi connectivity index (χ3n) is 6.44. The van der Waals surface area contributed by atoms with E-state index in [2.05, 4.69) is 28.5 Å². The van der Waals surface area contributed by atoms with Crippen LogP contribution in [-0.4, -0.2) is 33.6 Å². The maximum Gasteiger partial charge on any atom is 0.273 e. The van der Waals surface area contributed by atoms with Crippen LogP contribution < -0.4 is 21.7 Å². The summed E-state index contributed by atoms with van der Waals surface area (Å²) >= 11 is 0.788. The number of aromatic amines is 1. The van der Waals surface area contributed by atoms with E-state index in [0.717, 1.165) is 40.8 Å². The van der Waals surface area contributed by atoms with E-state index in [1.54, 1.807) is 6.20 Å². The topological polar surface area (TPSA) is 147 Å². The summed E-state index contributed by atoms with van der Waals surface area (Å²) in [6, 6.07) is 14.0. The molecule has 4 aromatic rings. The van der Waals surface area contributed by atoms with Gasteiger partial charge in [-0.05, 0) is 54.1 Å². The number of hydrogen-bond donors (Lipinski definition) is 4. The quantitative estimate of drug-likeness (QED) is 0.239. The zero-order valence-corrected chi connectivity index (χ0v) is 22.5. The van der Waals surface area contributed by atoms with E-state index in [0.29, 0.717) is 23.7 Å². The molecule has 0 spiro atoms. The Bertz CT molecular complexity index is 1460. The van der Waals surface area contributed by atoms with Crippen molar-refractivity contribution < 1.29 is 14.4 Å². The molecule has 0 aliphatic carbocycles. The highest BCUT2D eigenvalue weighted by molar-refractivity contribution is 7.09. The van der Waals surface area contributed by atoms with E-state index in [1.807, 2.05) is 55.5 Å². The SMILES string of the molecule is CCc1ccc(N(C(=O)c2snc(C(N)=O)c2N)[C@H](C(=O)NCCC(C)C)c2c[nH]c3ccccc23)cc1. The van der Waals surface area contributed by atoms with Crippen LogP contribution in [0.5, 0.6) is 0 Å². The zero-order chi connectivity index (χ0) is 27.4. The van der Waals surface area contributed by atoms with Gasteiger partial charge < -0.3 is 21.8 Å². The van der Waals surface area contributed by atoms with Crippen LogP contribution in [0.3, 0.4) is 0 Å². The average molecular weight is 533 g/mol. The van der Waals surface area contributed by atoms with Gasteiger partial charge in [0.1, 0.15) is 10.9 Å². The summed E-state index contributed by atoms with van der Waals surface area (Å²) < 4.78 is 4.01. The highest BCUT2D eigenvalue weighted by Crippen LogP contribution is 2.36. The number of nitrogens with two attached hydrogens (primary N) is 2. The number of benzene rings is 2. The first-order valence-corrected chi connectivity index (χ1v) is 13.3. The van der Waals surface area contributed by atoms with Crippen molar-refractivity contribution in [3.05, 3.63) is 76.4 Å². The largest absolute Gasteiger partial charge is 0.395 e. The highest BCUT2D eigenvalue weighted by Gasteiger charge is 2.37. The van der Waals surface area contributed by atoms with Gasteiger partial charge in [0, 0.05) is 34.9 Å². The number of carbonyl (C=O) groups is 3. The van der Waals surface area contributed by atoms with Gasteiger partial charge in [-0.3, -0.25) is 19.3 Å². The van der Waals surface area contributed by atoms with Crippen molar-refractivity contribution >= 4 is 51.5 Å². The number of para-hydroxylation sites is 1. The average Bonchev–Trinajstić information content (AvgIpc) is 3.50. The van der Waals surface area contributed by atoms with Gasteiger partial charge in [0.05, 0.1) is 5.69 Å². The second-order valence-electron chi connectivity index (χ2n) is 9.50. The van der Waals surface area contributed by atoms with Crippen molar-refractivity contribution in [1.29, 1.82) is 0 Å². The third-order valence-corrected chi connectivity index (χ3v) is 7.29. The molecule has 2 heterocycles. The molecule has 0 saturated carbocycles. The molecule has 0 fully saturated rings. The van der Waals surface area contributed by atoms with E-state index in [-0.39, 0.29) is 22.2 Å². The number of fused-ring (bicyclic) bond motifs is 1. The van der Waals surface area contributed by atoms with Gasteiger partial charge in [0.2, 0.25) is 5.91 Å². The number of nitrogens with one attached hydrogen (secondary N) is 2. The van der Waals surface area contributed by atoms with Crippen LogP contribution in [-0.2, 0) is 11.2 Å². The van der Waals surface area contributed by atoms with Crippen molar-refractivity contribution in [2.75, 3.05) is 17.2 Å². The molecule has 10 heteroatoms. The van der Waals surface area contributed by atoms with Gasteiger partial charge >= 0.3 is 0 Å². The van der Waals surface area contributed by atoms with Crippen LogP contribution in [0.1, 0.15) is 64.5 Å². The first-order chi connectivity index (χ1) is 18.2. The molecule has 3 amide bonds.